The van der Waals surface area contributed by atoms with E-state index >= 15 is 0 Å². The van der Waals surface area contributed by atoms with E-state index in [1.54, 1.807) is 0 Å². The number of carboxylic acids is 1. The van der Waals surface area contributed by atoms with Gasteiger partial charge in [0.1, 0.15) is 5.69 Å². The molecule has 0 bridgehead atoms. The van der Waals surface area contributed by atoms with Crippen molar-refractivity contribution in [2.45, 2.75) is 20.0 Å². The van der Waals surface area contributed by atoms with Crippen molar-refractivity contribution in [3.8, 4) is 0 Å². The number of aromatic nitrogens is 1. The van der Waals surface area contributed by atoms with Crippen LogP contribution in [0.25, 0.3) is 0 Å². The van der Waals surface area contributed by atoms with Crippen LogP contribution in [-0.2, 0) is 11.3 Å². The van der Waals surface area contributed by atoms with E-state index in [1.165, 1.54) is 19.4 Å². The summed E-state index contributed by atoms with van der Waals surface area (Å²) in [6.07, 6.45) is 2.21. The molecule has 0 aliphatic heterocycles. The number of hydrogen-bond acceptors (Lipinski definition) is 4. The lowest BCUT2D eigenvalue weighted by Crippen LogP contribution is -2.27. The van der Waals surface area contributed by atoms with E-state index in [4.69, 9.17) is 9.84 Å². The quantitative estimate of drug-likeness (QED) is 0.790. The van der Waals surface area contributed by atoms with Crippen molar-refractivity contribution in [3.63, 3.8) is 0 Å². The highest BCUT2D eigenvalue weighted by Crippen LogP contribution is 2.10. The van der Waals surface area contributed by atoms with E-state index in [0.717, 1.165) is 6.42 Å². The normalized spacial score (nSPS) is 10.1. The molecule has 0 fully saturated rings. The van der Waals surface area contributed by atoms with Gasteiger partial charge in [-0.15, -0.1) is 0 Å². The number of aromatic carboxylic acids is 1. The molecule has 18 heavy (non-hydrogen) atoms. The summed E-state index contributed by atoms with van der Waals surface area (Å²) in [7, 11) is 1.50. The highest BCUT2D eigenvalue weighted by molar-refractivity contribution is 6.03. The van der Waals surface area contributed by atoms with E-state index in [0.29, 0.717) is 12.1 Å². The average molecular weight is 252 g/mol. The molecule has 0 spiro atoms. The zero-order chi connectivity index (χ0) is 13.5. The number of carbonyl (C=O) groups is 2. The van der Waals surface area contributed by atoms with Crippen LogP contribution >= 0.6 is 0 Å². The number of nitrogens with one attached hydrogen (secondary N) is 1. The van der Waals surface area contributed by atoms with Crippen LogP contribution in [0.2, 0.25) is 0 Å². The Balaban J connectivity index is 3.03. The van der Waals surface area contributed by atoms with Gasteiger partial charge >= 0.3 is 5.97 Å². The number of amides is 1. The van der Waals surface area contributed by atoms with Crippen molar-refractivity contribution in [2.24, 2.45) is 0 Å². The summed E-state index contributed by atoms with van der Waals surface area (Å²) in [5.41, 5.74) is 0.427. The minimum atomic E-state index is -1.18. The van der Waals surface area contributed by atoms with Gasteiger partial charge in [-0.3, -0.25) is 4.79 Å². The molecule has 6 heteroatoms. The number of nitrogens with zero attached hydrogens (tertiary/aromatic N) is 1. The molecule has 6 nitrogen and oxygen atoms in total. The molecule has 1 heterocycles. The maximum absolute atomic E-state index is 11.7. The molecule has 0 aliphatic rings. The van der Waals surface area contributed by atoms with Crippen LogP contribution in [0.4, 0.5) is 0 Å². The largest absolute Gasteiger partial charge is 0.478 e. The van der Waals surface area contributed by atoms with Crippen molar-refractivity contribution < 1.29 is 19.4 Å². The molecule has 1 amide bonds. The first-order chi connectivity index (χ1) is 8.60. The lowest BCUT2D eigenvalue weighted by molar-refractivity contribution is 0.0689. The highest BCUT2D eigenvalue weighted by Gasteiger charge is 2.18. The van der Waals surface area contributed by atoms with Gasteiger partial charge in [0.2, 0.25) is 0 Å². The van der Waals surface area contributed by atoms with E-state index < -0.39 is 11.9 Å². The fraction of sp³-hybridized carbons (Fsp3) is 0.417. The Bertz CT molecular complexity index is 446. The Morgan fingerprint density at radius 3 is 2.78 bits per heavy atom. The maximum Gasteiger partial charge on any atom is 0.338 e. The van der Waals surface area contributed by atoms with Crippen molar-refractivity contribution >= 4 is 11.9 Å². The van der Waals surface area contributed by atoms with Gasteiger partial charge in [-0.25, -0.2) is 9.78 Å². The smallest absolute Gasteiger partial charge is 0.338 e. The van der Waals surface area contributed by atoms with Gasteiger partial charge in [0.25, 0.3) is 5.91 Å². The lowest BCUT2D eigenvalue weighted by Gasteiger charge is -2.07. The maximum atomic E-state index is 11.7. The van der Waals surface area contributed by atoms with Gasteiger partial charge in [0.05, 0.1) is 12.2 Å². The highest BCUT2D eigenvalue weighted by atomic mass is 16.5. The Hall–Kier alpha value is -1.95. The number of carboxylic acid groups (broad SMARTS) is 1. The summed E-state index contributed by atoms with van der Waals surface area (Å²) in [6, 6.07) is 1.40. The molecule has 0 radical (unpaired) electrons. The number of hydrogen-bond donors (Lipinski definition) is 2. The van der Waals surface area contributed by atoms with Gasteiger partial charge in [0, 0.05) is 19.9 Å². The monoisotopic (exact) mass is 252 g/mol. The van der Waals surface area contributed by atoms with E-state index in [2.05, 4.69) is 10.3 Å². The number of methoxy groups -OCH3 is 1. The Kier molecular flexibility index (Phi) is 5.26. The SMILES string of the molecule is CCCNC(=O)c1ncc(COC)cc1C(=O)O. The van der Waals surface area contributed by atoms with E-state index in [-0.39, 0.29) is 17.9 Å². The second-order valence-corrected chi connectivity index (χ2v) is 3.73. The summed E-state index contributed by atoms with van der Waals surface area (Å²) in [4.78, 5) is 26.7. The van der Waals surface area contributed by atoms with Crippen LogP contribution in [0.1, 0.15) is 39.8 Å². The van der Waals surface area contributed by atoms with Gasteiger partial charge in [-0.2, -0.15) is 0 Å². The molecule has 0 aliphatic carbocycles. The van der Waals surface area contributed by atoms with Gasteiger partial charge in [-0.05, 0) is 18.1 Å². The van der Waals surface area contributed by atoms with Crippen LogP contribution in [0.15, 0.2) is 12.3 Å². The molecule has 1 rings (SSSR count). The molecular weight excluding hydrogens is 236 g/mol. The van der Waals surface area contributed by atoms with Crippen LogP contribution in [0.3, 0.4) is 0 Å². The van der Waals surface area contributed by atoms with Crippen LogP contribution in [0, 0.1) is 0 Å². The van der Waals surface area contributed by atoms with Crippen molar-refractivity contribution in [1.82, 2.24) is 10.3 Å². The number of ether oxygens (including phenoxy) is 1. The zero-order valence-electron chi connectivity index (χ0n) is 10.4. The summed E-state index contributed by atoms with van der Waals surface area (Å²) in [5.74, 6) is -1.65. The molecule has 2 N–H and O–H groups in total. The first-order valence-electron chi connectivity index (χ1n) is 5.59. The van der Waals surface area contributed by atoms with E-state index in [1.807, 2.05) is 6.92 Å². The molecular formula is C12H16N2O4. The molecule has 98 valence electrons. The fourth-order valence-corrected chi connectivity index (χ4v) is 1.42. The van der Waals surface area contributed by atoms with Gasteiger partial charge in [0.15, 0.2) is 0 Å². The van der Waals surface area contributed by atoms with Crippen LogP contribution in [-0.4, -0.2) is 35.6 Å². The van der Waals surface area contributed by atoms with E-state index in [9.17, 15) is 9.59 Å². The predicted octanol–water partition coefficient (Wildman–Crippen LogP) is 1.07. The van der Waals surface area contributed by atoms with Crippen molar-refractivity contribution in [1.29, 1.82) is 0 Å². The summed E-state index contributed by atoms with van der Waals surface area (Å²) in [6.45, 7) is 2.65. The second kappa shape index (κ2) is 6.70. The standard InChI is InChI=1S/C12H16N2O4/c1-3-4-13-11(15)10-9(12(16)17)5-8(6-14-10)7-18-2/h5-6H,3-4,7H2,1-2H3,(H,13,15)(H,16,17). The first-order valence-corrected chi connectivity index (χ1v) is 5.59. The second-order valence-electron chi connectivity index (χ2n) is 3.73. The molecule has 1 aromatic heterocycles. The summed E-state index contributed by atoms with van der Waals surface area (Å²) < 4.78 is 4.89. The molecule has 0 aromatic carbocycles. The predicted molar refractivity (Wildman–Crippen MR) is 64.5 cm³/mol. The number of carbonyl (C=O) groups excluding carboxylic acids is 1. The summed E-state index contributed by atoms with van der Waals surface area (Å²) >= 11 is 0. The third kappa shape index (κ3) is 3.53. The third-order valence-electron chi connectivity index (χ3n) is 2.24. The first kappa shape index (κ1) is 14.1. The Morgan fingerprint density at radius 2 is 2.22 bits per heavy atom. The van der Waals surface area contributed by atoms with Crippen molar-refractivity contribution in [2.75, 3.05) is 13.7 Å². The van der Waals surface area contributed by atoms with Crippen LogP contribution < -0.4 is 5.32 Å². The Morgan fingerprint density at radius 1 is 1.50 bits per heavy atom. The zero-order valence-corrected chi connectivity index (χ0v) is 10.4. The van der Waals surface area contributed by atoms with Gasteiger partial charge in [-0.1, -0.05) is 6.92 Å². The minimum Gasteiger partial charge on any atom is -0.478 e. The lowest BCUT2D eigenvalue weighted by atomic mass is 10.1. The van der Waals surface area contributed by atoms with Gasteiger partial charge < -0.3 is 15.2 Å². The van der Waals surface area contributed by atoms with Crippen LogP contribution in [0.5, 0.6) is 0 Å². The third-order valence-corrected chi connectivity index (χ3v) is 2.24. The summed E-state index contributed by atoms with van der Waals surface area (Å²) in [5, 5.41) is 11.7. The molecule has 0 atom stereocenters. The molecule has 1 aromatic rings. The molecule has 0 saturated heterocycles. The topological polar surface area (TPSA) is 88.5 Å². The van der Waals surface area contributed by atoms with Crippen molar-refractivity contribution in [3.05, 3.63) is 29.1 Å². The Labute approximate surface area is 105 Å². The number of rotatable bonds is 6. The minimum absolute atomic E-state index is 0.0733. The molecule has 0 unspecified atom stereocenters. The number of pyridine rings is 1. The molecule has 0 saturated carbocycles. The fourth-order valence-electron chi connectivity index (χ4n) is 1.42. The average Bonchev–Trinajstić information content (AvgIpc) is 2.36.